The zero-order valence-electron chi connectivity index (χ0n) is 10.9. The number of aliphatic imine (C=N–C) groups is 1. The molecule has 1 aliphatic rings. The van der Waals surface area contributed by atoms with Gasteiger partial charge < -0.3 is 4.74 Å². The maximum atomic E-state index is 5.51. The molecular formula is C17H15NO. The number of benzene rings is 2. The van der Waals surface area contributed by atoms with Gasteiger partial charge in [-0.2, -0.15) is 0 Å². The van der Waals surface area contributed by atoms with Crippen LogP contribution in [-0.4, -0.2) is 19.9 Å². The summed E-state index contributed by atoms with van der Waals surface area (Å²) in [5.74, 6) is 0.839. The summed E-state index contributed by atoms with van der Waals surface area (Å²) in [6.45, 7) is 4.63. The second-order valence-corrected chi connectivity index (χ2v) is 4.55. The highest BCUT2D eigenvalue weighted by atomic mass is 16.5. The predicted octanol–water partition coefficient (Wildman–Crippen LogP) is 3.84. The quantitative estimate of drug-likeness (QED) is 0.792. The van der Waals surface area contributed by atoms with Gasteiger partial charge in [-0.25, -0.2) is 0 Å². The summed E-state index contributed by atoms with van der Waals surface area (Å²) in [5.41, 5.74) is 3.07. The van der Waals surface area contributed by atoms with Crippen LogP contribution in [0.3, 0.4) is 0 Å². The summed E-state index contributed by atoms with van der Waals surface area (Å²) in [6, 6.07) is 14.6. The number of fused-ring (bicyclic) bond motifs is 1. The molecule has 94 valence electrons. The first-order valence-corrected chi connectivity index (χ1v) is 6.25. The molecule has 0 atom stereocenters. The van der Waals surface area contributed by atoms with Crippen LogP contribution >= 0.6 is 0 Å². The van der Waals surface area contributed by atoms with Gasteiger partial charge in [0, 0.05) is 17.4 Å². The third kappa shape index (κ3) is 1.95. The number of hydrogen-bond acceptors (Lipinski definition) is 2. The molecule has 0 aliphatic carbocycles. The predicted molar refractivity (Wildman–Crippen MR) is 80.4 cm³/mol. The first-order chi connectivity index (χ1) is 9.31. The van der Waals surface area contributed by atoms with Gasteiger partial charge in [0.2, 0.25) is 0 Å². The lowest BCUT2D eigenvalue weighted by molar-refractivity contribution is 0.302. The number of dihydropyridines is 1. The van der Waals surface area contributed by atoms with E-state index in [0.29, 0.717) is 6.54 Å². The van der Waals surface area contributed by atoms with Crippen LogP contribution in [0.5, 0.6) is 0 Å². The monoisotopic (exact) mass is 249 g/mol. The molecule has 0 bridgehead atoms. The van der Waals surface area contributed by atoms with Crippen molar-refractivity contribution in [2.75, 3.05) is 13.7 Å². The molecule has 3 rings (SSSR count). The molecule has 0 spiro atoms. The van der Waals surface area contributed by atoms with Crippen molar-refractivity contribution in [1.82, 2.24) is 0 Å². The van der Waals surface area contributed by atoms with Gasteiger partial charge in [0.1, 0.15) is 5.76 Å². The van der Waals surface area contributed by atoms with Gasteiger partial charge >= 0.3 is 0 Å². The minimum Gasteiger partial charge on any atom is -0.496 e. The summed E-state index contributed by atoms with van der Waals surface area (Å²) >= 11 is 0. The smallest absolute Gasteiger partial charge is 0.132 e. The van der Waals surface area contributed by atoms with Gasteiger partial charge in [-0.3, -0.25) is 4.99 Å². The van der Waals surface area contributed by atoms with Crippen molar-refractivity contribution in [3.8, 4) is 0 Å². The Bertz CT molecular complexity index is 705. The van der Waals surface area contributed by atoms with E-state index in [1.807, 2.05) is 18.3 Å². The van der Waals surface area contributed by atoms with E-state index in [9.17, 15) is 0 Å². The first kappa shape index (κ1) is 11.7. The van der Waals surface area contributed by atoms with Crippen LogP contribution < -0.4 is 0 Å². The second kappa shape index (κ2) is 4.73. The van der Waals surface area contributed by atoms with Crippen molar-refractivity contribution in [1.29, 1.82) is 0 Å². The van der Waals surface area contributed by atoms with Crippen LogP contribution in [0.15, 0.2) is 65.4 Å². The van der Waals surface area contributed by atoms with E-state index in [4.69, 9.17) is 4.74 Å². The Morgan fingerprint density at radius 2 is 1.89 bits per heavy atom. The van der Waals surface area contributed by atoms with Gasteiger partial charge in [-0.05, 0) is 16.3 Å². The fourth-order valence-corrected chi connectivity index (χ4v) is 2.47. The third-order valence-electron chi connectivity index (χ3n) is 3.35. The van der Waals surface area contributed by atoms with E-state index in [-0.39, 0.29) is 0 Å². The molecule has 0 fully saturated rings. The lowest BCUT2D eigenvalue weighted by Crippen LogP contribution is -2.06. The van der Waals surface area contributed by atoms with Crippen LogP contribution in [0.25, 0.3) is 16.3 Å². The lowest BCUT2D eigenvalue weighted by Gasteiger charge is -2.17. The Kier molecular flexibility index (Phi) is 2.92. The molecule has 2 nitrogen and oxygen atoms in total. The molecule has 19 heavy (non-hydrogen) atoms. The maximum Gasteiger partial charge on any atom is 0.132 e. The van der Waals surface area contributed by atoms with Crippen LogP contribution in [-0.2, 0) is 4.74 Å². The van der Waals surface area contributed by atoms with E-state index in [2.05, 4.69) is 41.9 Å². The molecular weight excluding hydrogens is 234 g/mol. The topological polar surface area (TPSA) is 21.6 Å². The fraction of sp³-hybridized carbons (Fsp3) is 0.118. The summed E-state index contributed by atoms with van der Waals surface area (Å²) in [4.78, 5) is 4.36. The molecule has 0 unspecified atom stereocenters. The van der Waals surface area contributed by atoms with E-state index in [1.165, 1.54) is 10.8 Å². The summed E-state index contributed by atoms with van der Waals surface area (Å²) in [7, 11) is 1.69. The summed E-state index contributed by atoms with van der Waals surface area (Å²) < 4.78 is 5.51. The zero-order chi connectivity index (χ0) is 13.2. The Labute approximate surface area is 112 Å². The summed E-state index contributed by atoms with van der Waals surface area (Å²) in [6.07, 6.45) is 1.88. The minimum atomic E-state index is 0.609. The highest BCUT2D eigenvalue weighted by Gasteiger charge is 2.16. The normalized spacial score (nSPS) is 15.1. The molecule has 0 amide bonds. The number of nitrogens with zero attached hydrogens (tertiary/aromatic N) is 1. The average Bonchev–Trinajstić information content (AvgIpc) is 2.46. The van der Waals surface area contributed by atoms with Gasteiger partial charge in [0.05, 0.1) is 13.7 Å². The molecule has 2 aromatic carbocycles. The van der Waals surface area contributed by atoms with Gasteiger partial charge in [0.25, 0.3) is 0 Å². The minimum absolute atomic E-state index is 0.609. The highest BCUT2D eigenvalue weighted by molar-refractivity contribution is 6.16. The Morgan fingerprint density at radius 3 is 2.74 bits per heavy atom. The fourth-order valence-electron chi connectivity index (χ4n) is 2.47. The van der Waals surface area contributed by atoms with Crippen LogP contribution in [0, 0.1) is 0 Å². The standard InChI is InChI=1S/C17H15NO/c1-12-10-18-11-16(17(12)19-2)15-9-5-7-13-6-3-4-8-14(13)15/h3-9,11H,1,10H2,2H3. The number of methoxy groups -OCH3 is 1. The maximum absolute atomic E-state index is 5.51. The molecule has 2 heteroatoms. The Balaban J connectivity index is 2.30. The second-order valence-electron chi connectivity index (χ2n) is 4.55. The molecule has 1 heterocycles. The van der Waals surface area contributed by atoms with Crippen LogP contribution in [0.4, 0.5) is 0 Å². The number of hydrogen-bond donors (Lipinski definition) is 0. The van der Waals surface area contributed by atoms with E-state index >= 15 is 0 Å². The Hall–Kier alpha value is -2.35. The highest BCUT2D eigenvalue weighted by Crippen LogP contribution is 2.30. The zero-order valence-corrected chi connectivity index (χ0v) is 10.9. The molecule has 2 aromatic rings. The first-order valence-electron chi connectivity index (χ1n) is 6.25. The van der Waals surface area contributed by atoms with Crippen LogP contribution in [0.1, 0.15) is 5.56 Å². The van der Waals surface area contributed by atoms with Crippen molar-refractivity contribution >= 4 is 22.6 Å². The number of ether oxygens (including phenoxy) is 1. The van der Waals surface area contributed by atoms with Crippen molar-refractivity contribution in [3.63, 3.8) is 0 Å². The molecule has 1 aliphatic heterocycles. The van der Waals surface area contributed by atoms with Crippen molar-refractivity contribution in [2.24, 2.45) is 4.99 Å². The van der Waals surface area contributed by atoms with Crippen molar-refractivity contribution in [3.05, 3.63) is 65.9 Å². The van der Waals surface area contributed by atoms with Gasteiger partial charge in [-0.1, -0.05) is 49.0 Å². The van der Waals surface area contributed by atoms with Crippen LogP contribution in [0.2, 0.25) is 0 Å². The largest absolute Gasteiger partial charge is 0.496 e. The summed E-state index contributed by atoms with van der Waals surface area (Å²) in [5, 5.41) is 2.42. The lowest BCUT2D eigenvalue weighted by atomic mass is 9.95. The molecule has 0 N–H and O–H groups in total. The SMILES string of the molecule is C=C1CN=CC(c2cccc3ccccc23)=C1OC. The number of allylic oxidation sites excluding steroid dienone is 1. The van der Waals surface area contributed by atoms with Gasteiger partial charge in [-0.15, -0.1) is 0 Å². The van der Waals surface area contributed by atoms with E-state index in [0.717, 1.165) is 22.5 Å². The molecule has 0 aromatic heterocycles. The Morgan fingerprint density at radius 1 is 1.11 bits per heavy atom. The van der Waals surface area contributed by atoms with E-state index in [1.54, 1.807) is 7.11 Å². The van der Waals surface area contributed by atoms with Gasteiger partial charge in [0.15, 0.2) is 0 Å². The molecule has 0 radical (unpaired) electrons. The van der Waals surface area contributed by atoms with E-state index < -0.39 is 0 Å². The molecule has 0 saturated carbocycles. The van der Waals surface area contributed by atoms with Crippen molar-refractivity contribution in [2.45, 2.75) is 0 Å². The molecule has 0 saturated heterocycles. The number of rotatable bonds is 2. The third-order valence-corrected chi connectivity index (χ3v) is 3.35. The average molecular weight is 249 g/mol. The van der Waals surface area contributed by atoms with Crippen molar-refractivity contribution < 1.29 is 4.74 Å².